The van der Waals surface area contributed by atoms with E-state index in [0.717, 1.165) is 23.0 Å². The lowest BCUT2D eigenvalue weighted by Crippen LogP contribution is -2.02. The van der Waals surface area contributed by atoms with E-state index in [1.165, 1.54) is 19.6 Å². The third-order valence-corrected chi connectivity index (χ3v) is 6.15. The minimum absolute atomic E-state index is 0.611. The van der Waals surface area contributed by atoms with E-state index in [4.69, 9.17) is 18.9 Å². The van der Waals surface area contributed by atoms with Crippen molar-refractivity contribution in [2.24, 2.45) is 0 Å². The van der Waals surface area contributed by atoms with Crippen LogP contribution >= 0.6 is 23.5 Å². The van der Waals surface area contributed by atoms with Crippen molar-refractivity contribution in [2.75, 3.05) is 26.4 Å². The first kappa shape index (κ1) is 19.1. The second-order valence-corrected chi connectivity index (χ2v) is 7.60. The maximum atomic E-state index is 5.76. The predicted octanol–water partition coefficient (Wildman–Crippen LogP) is 5.90. The Balaban J connectivity index is 1.98. The van der Waals surface area contributed by atoms with E-state index < -0.39 is 0 Å². The Kier molecular flexibility index (Phi) is 6.48. The van der Waals surface area contributed by atoms with Crippen LogP contribution in [-0.4, -0.2) is 26.4 Å². The summed E-state index contributed by atoms with van der Waals surface area (Å²) in [6, 6.07) is 8.28. The fraction of sp³-hybridized carbons (Fsp3) is 0.400. The second kappa shape index (κ2) is 8.82. The lowest BCUT2D eigenvalue weighted by molar-refractivity contribution is 0.285. The van der Waals surface area contributed by atoms with E-state index in [1.54, 1.807) is 23.5 Å². The van der Waals surface area contributed by atoms with Crippen molar-refractivity contribution in [1.82, 2.24) is 0 Å². The molecule has 2 aromatic rings. The van der Waals surface area contributed by atoms with Crippen LogP contribution in [0.25, 0.3) is 0 Å². The Hall–Kier alpha value is -1.66. The van der Waals surface area contributed by atoms with Crippen molar-refractivity contribution in [2.45, 2.75) is 47.3 Å². The lowest BCUT2D eigenvalue weighted by Gasteiger charge is -2.22. The zero-order chi connectivity index (χ0) is 18.5. The maximum Gasteiger partial charge on any atom is 0.162 e. The smallest absolute Gasteiger partial charge is 0.162 e. The van der Waals surface area contributed by atoms with Crippen molar-refractivity contribution in [3.8, 4) is 23.0 Å². The Morgan fingerprint density at radius 3 is 0.923 bits per heavy atom. The van der Waals surface area contributed by atoms with Crippen LogP contribution in [0.5, 0.6) is 23.0 Å². The van der Waals surface area contributed by atoms with Crippen LogP contribution in [0.15, 0.2) is 43.8 Å². The number of hydrogen-bond acceptors (Lipinski definition) is 6. The molecule has 0 atom stereocenters. The maximum absolute atomic E-state index is 5.76. The molecule has 0 amide bonds. The molecule has 0 saturated heterocycles. The third-order valence-electron chi connectivity index (χ3n) is 3.66. The molecule has 26 heavy (non-hydrogen) atoms. The predicted molar refractivity (Wildman–Crippen MR) is 106 cm³/mol. The van der Waals surface area contributed by atoms with E-state index in [9.17, 15) is 0 Å². The van der Waals surface area contributed by atoms with Crippen LogP contribution < -0.4 is 18.9 Å². The number of benzene rings is 2. The molecule has 0 bridgehead atoms. The Morgan fingerprint density at radius 2 is 0.731 bits per heavy atom. The summed E-state index contributed by atoms with van der Waals surface area (Å²) in [5.41, 5.74) is 0. The van der Waals surface area contributed by atoms with Gasteiger partial charge in [0.1, 0.15) is 0 Å². The third kappa shape index (κ3) is 4.01. The van der Waals surface area contributed by atoms with E-state index in [2.05, 4.69) is 24.3 Å². The molecular weight excluding hydrogens is 368 g/mol. The first-order valence-corrected chi connectivity index (χ1v) is 10.6. The summed E-state index contributed by atoms with van der Waals surface area (Å²) in [6.45, 7) is 10.4. The standard InChI is InChI=1S/C20H24O4S2/c1-5-21-13-9-17-18(10-14(13)22-6-2)26-20-12-16(24-8-4)15(23-7-3)11-19(20)25-17/h9-12H,5-8H2,1-4H3. The van der Waals surface area contributed by atoms with Crippen molar-refractivity contribution in [1.29, 1.82) is 0 Å². The van der Waals surface area contributed by atoms with Gasteiger partial charge in [0.25, 0.3) is 0 Å². The average molecular weight is 393 g/mol. The van der Waals surface area contributed by atoms with Gasteiger partial charge in [-0.15, -0.1) is 0 Å². The van der Waals surface area contributed by atoms with Crippen LogP contribution in [0.4, 0.5) is 0 Å². The van der Waals surface area contributed by atoms with Gasteiger partial charge >= 0.3 is 0 Å². The number of rotatable bonds is 8. The van der Waals surface area contributed by atoms with Crippen LogP contribution in [0.3, 0.4) is 0 Å². The van der Waals surface area contributed by atoms with Crippen LogP contribution in [0.1, 0.15) is 27.7 Å². The molecule has 4 nitrogen and oxygen atoms in total. The Morgan fingerprint density at radius 1 is 0.500 bits per heavy atom. The molecule has 0 spiro atoms. The number of ether oxygens (including phenoxy) is 4. The van der Waals surface area contributed by atoms with Gasteiger partial charge in [-0.05, 0) is 52.0 Å². The molecule has 0 fully saturated rings. The van der Waals surface area contributed by atoms with Gasteiger partial charge in [-0.3, -0.25) is 0 Å². The van der Waals surface area contributed by atoms with Gasteiger partial charge in [-0.2, -0.15) is 0 Å². The molecule has 140 valence electrons. The largest absolute Gasteiger partial charge is 0.490 e. The molecular formula is C20H24O4S2. The molecule has 2 aromatic carbocycles. The summed E-state index contributed by atoms with van der Waals surface area (Å²) in [4.78, 5) is 4.67. The molecule has 0 aromatic heterocycles. The van der Waals surface area contributed by atoms with Gasteiger partial charge in [0.05, 0.1) is 26.4 Å². The second-order valence-electron chi connectivity index (χ2n) is 5.43. The van der Waals surface area contributed by atoms with Crippen LogP contribution in [0.2, 0.25) is 0 Å². The zero-order valence-corrected chi connectivity index (χ0v) is 17.2. The van der Waals surface area contributed by atoms with Crippen molar-refractivity contribution < 1.29 is 18.9 Å². The van der Waals surface area contributed by atoms with Gasteiger partial charge in [0.15, 0.2) is 23.0 Å². The Labute approximate surface area is 163 Å². The molecule has 0 aliphatic carbocycles. The quantitative estimate of drug-likeness (QED) is 0.475. The van der Waals surface area contributed by atoms with Crippen molar-refractivity contribution >= 4 is 23.5 Å². The zero-order valence-electron chi connectivity index (χ0n) is 15.6. The van der Waals surface area contributed by atoms with E-state index in [1.807, 2.05) is 27.7 Å². The Bertz CT molecular complexity index is 649. The number of hydrogen-bond donors (Lipinski definition) is 0. The van der Waals surface area contributed by atoms with Gasteiger partial charge in [-0.1, -0.05) is 23.5 Å². The van der Waals surface area contributed by atoms with E-state index in [-0.39, 0.29) is 0 Å². The highest BCUT2D eigenvalue weighted by Gasteiger charge is 2.23. The van der Waals surface area contributed by atoms with Crippen LogP contribution in [-0.2, 0) is 0 Å². The molecule has 1 aliphatic heterocycles. The minimum atomic E-state index is 0.611. The fourth-order valence-corrected chi connectivity index (χ4v) is 4.95. The molecule has 1 aliphatic rings. The number of fused-ring (bicyclic) bond motifs is 2. The molecule has 0 saturated carbocycles. The van der Waals surface area contributed by atoms with Gasteiger partial charge in [0.2, 0.25) is 0 Å². The topological polar surface area (TPSA) is 36.9 Å². The fourth-order valence-electron chi connectivity index (χ4n) is 2.67. The summed E-state index contributed by atoms with van der Waals surface area (Å²) < 4.78 is 23.1. The highest BCUT2D eigenvalue weighted by atomic mass is 32.2. The van der Waals surface area contributed by atoms with Crippen molar-refractivity contribution in [3.63, 3.8) is 0 Å². The SMILES string of the molecule is CCOc1cc2c(cc1OCC)Sc1cc(OCC)c(OCC)cc1S2. The first-order valence-electron chi connectivity index (χ1n) is 8.93. The molecule has 3 rings (SSSR count). The normalized spacial score (nSPS) is 12.2. The summed E-state index contributed by atoms with van der Waals surface area (Å²) in [5.74, 6) is 3.17. The van der Waals surface area contributed by atoms with Gasteiger partial charge in [0, 0.05) is 19.6 Å². The highest BCUT2D eigenvalue weighted by molar-refractivity contribution is 8.05. The molecule has 0 N–H and O–H groups in total. The van der Waals surface area contributed by atoms with Crippen LogP contribution in [0, 0.1) is 0 Å². The molecule has 0 unspecified atom stereocenters. The summed E-state index contributed by atoms with van der Waals surface area (Å²) in [6.07, 6.45) is 0. The monoisotopic (exact) mass is 392 g/mol. The molecule has 6 heteroatoms. The van der Waals surface area contributed by atoms with Crippen molar-refractivity contribution in [3.05, 3.63) is 24.3 Å². The van der Waals surface area contributed by atoms with E-state index >= 15 is 0 Å². The minimum Gasteiger partial charge on any atom is -0.490 e. The van der Waals surface area contributed by atoms with Gasteiger partial charge < -0.3 is 18.9 Å². The lowest BCUT2D eigenvalue weighted by atomic mass is 10.3. The summed E-state index contributed by atoms with van der Waals surface area (Å²) >= 11 is 3.45. The molecule has 0 radical (unpaired) electrons. The first-order chi connectivity index (χ1) is 12.7. The molecule has 1 heterocycles. The highest BCUT2D eigenvalue weighted by Crippen LogP contribution is 2.53. The van der Waals surface area contributed by atoms with Gasteiger partial charge in [-0.25, -0.2) is 0 Å². The average Bonchev–Trinajstić information content (AvgIpc) is 2.62. The van der Waals surface area contributed by atoms with E-state index in [0.29, 0.717) is 26.4 Å². The summed E-state index contributed by atoms with van der Waals surface area (Å²) in [5, 5.41) is 0. The summed E-state index contributed by atoms with van der Waals surface area (Å²) in [7, 11) is 0.